The van der Waals surface area contributed by atoms with Crippen LogP contribution in [0.3, 0.4) is 0 Å². The number of nitrogens with one attached hydrogen (secondary N) is 2. The van der Waals surface area contributed by atoms with Crippen LogP contribution < -0.4 is 15.4 Å². The van der Waals surface area contributed by atoms with Gasteiger partial charge >= 0.3 is 12.1 Å². The molecule has 0 bridgehead atoms. The fourth-order valence-corrected chi connectivity index (χ4v) is 5.09. The molecule has 0 fully saturated rings. The van der Waals surface area contributed by atoms with Gasteiger partial charge in [0.25, 0.3) is 0 Å². The van der Waals surface area contributed by atoms with Crippen molar-refractivity contribution in [2.75, 3.05) is 13.2 Å². The lowest BCUT2D eigenvalue weighted by Gasteiger charge is -2.16. The zero-order chi connectivity index (χ0) is 29.3. The molecule has 1 aliphatic carbocycles. The van der Waals surface area contributed by atoms with Gasteiger partial charge in [0.2, 0.25) is 5.91 Å². The first-order valence-corrected chi connectivity index (χ1v) is 13.8. The molecule has 1 atom stereocenters. The van der Waals surface area contributed by atoms with E-state index in [1.54, 1.807) is 24.3 Å². The number of aliphatic carboxylic acids is 1. The summed E-state index contributed by atoms with van der Waals surface area (Å²) in [5.41, 5.74) is 6.29. The van der Waals surface area contributed by atoms with E-state index in [1.807, 2.05) is 66.7 Å². The van der Waals surface area contributed by atoms with Gasteiger partial charge in [-0.05, 0) is 45.5 Å². The third-order valence-corrected chi connectivity index (χ3v) is 7.21. The Labute approximate surface area is 244 Å². The number of ether oxygens (including phenoxy) is 2. The van der Waals surface area contributed by atoms with Gasteiger partial charge in [-0.15, -0.1) is 0 Å². The summed E-state index contributed by atoms with van der Waals surface area (Å²) in [6, 6.07) is 31.9. The fraction of sp³-hybridized carbons (Fsp3) is 0.206. The quantitative estimate of drug-likeness (QED) is 0.215. The van der Waals surface area contributed by atoms with E-state index in [0.29, 0.717) is 12.4 Å². The lowest BCUT2D eigenvalue weighted by molar-refractivity contribution is -0.141. The molecule has 214 valence electrons. The van der Waals surface area contributed by atoms with Gasteiger partial charge in [-0.25, -0.2) is 9.59 Å². The molecule has 5 rings (SSSR count). The number of hydrogen-bond donors (Lipinski definition) is 3. The van der Waals surface area contributed by atoms with Crippen LogP contribution in [-0.4, -0.2) is 42.3 Å². The van der Waals surface area contributed by atoms with E-state index in [0.717, 1.165) is 33.4 Å². The predicted octanol–water partition coefficient (Wildman–Crippen LogP) is 5.31. The first kappa shape index (κ1) is 28.4. The Bertz CT molecular complexity index is 1490. The third-order valence-electron chi connectivity index (χ3n) is 7.21. The van der Waals surface area contributed by atoms with Gasteiger partial charge in [-0.1, -0.05) is 91.0 Å². The maximum Gasteiger partial charge on any atom is 0.407 e. The molecule has 0 aliphatic heterocycles. The summed E-state index contributed by atoms with van der Waals surface area (Å²) in [5.74, 6) is -1.02. The second-order valence-corrected chi connectivity index (χ2v) is 10.1. The highest BCUT2D eigenvalue weighted by Gasteiger charge is 2.29. The van der Waals surface area contributed by atoms with Gasteiger partial charge in [-0.3, -0.25) is 4.79 Å². The lowest BCUT2D eigenvalue weighted by Crippen LogP contribution is -2.43. The van der Waals surface area contributed by atoms with Crippen molar-refractivity contribution in [2.24, 2.45) is 0 Å². The molecule has 3 N–H and O–H groups in total. The number of carbonyl (C=O) groups is 3. The normalized spacial score (nSPS) is 12.5. The summed E-state index contributed by atoms with van der Waals surface area (Å²) in [5, 5.41) is 14.8. The minimum atomic E-state index is -1.14. The molecule has 0 saturated heterocycles. The Hall–Kier alpha value is -5.11. The van der Waals surface area contributed by atoms with Crippen molar-refractivity contribution >= 4 is 18.0 Å². The summed E-state index contributed by atoms with van der Waals surface area (Å²) in [6.07, 6.45) is -0.603. The Morgan fingerprint density at radius 3 is 2.02 bits per heavy atom. The maximum atomic E-state index is 12.5. The number of amides is 2. The Morgan fingerprint density at radius 2 is 1.38 bits per heavy atom. The maximum absolute atomic E-state index is 12.5. The third kappa shape index (κ3) is 7.14. The predicted molar refractivity (Wildman–Crippen MR) is 158 cm³/mol. The standard InChI is InChI=1S/C34H32N2O6/c37-32(36-31(33(38)39)20-23-14-16-25(17-15-23)41-21-24-8-2-1-3-9-24)18-19-35-34(40)42-22-30-28-12-6-4-10-26(28)27-11-5-7-13-29(27)30/h1-17,30-31H,18-22H2,(H,35,40)(H,36,37)(H,38,39)/t31-/m0/s1. The molecular weight excluding hydrogens is 532 g/mol. The molecular formula is C34H32N2O6. The number of benzene rings is 4. The van der Waals surface area contributed by atoms with Gasteiger partial charge in [0.1, 0.15) is 25.0 Å². The average molecular weight is 565 g/mol. The molecule has 2 amide bonds. The average Bonchev–Trinajstić information content (AvgIpc) is 3.33. The van der Waals surface area contributed by atoms with Crippen LogP contribution in [0.5, 0.6) is 5.75 Å². The summed E-state index contributed by atoms with van der Waals surface area (Å²) < 4.78 is 11.3. The van der Waals surface area contributed by atoms with Crippen LogP contribution in [0, 0.1) is 0 Å². The van der Waals surface area contributed by atoms with Crippen LogP contribution in [0.4, 0.5) is 4.79 Å². The van der Waals surface area contributed by atoms with E-state index >= 15 is 0 Å². The van der Waals surface area contributed by atoms with Gasteiger partial charge in [0, 0.05) is 25.3 Å². The molecule has 8 heteroatoms. The largest absolute Gasteiger partial charge is 0.489 e. The van der Waals surface area contributed by atoms with Gasteiger partial charge in [0.15, 0.2) is 0 Å². The second kappa shape index (κ2) is 13.5. The molecule has 0 aromatic heterocycles. The molecule has 42 heavy (non-hydrogen) atoms. The number of rotatable bonds is 12. The van der Waals surface area contributed by atoms with Crippen molar-refractivity contribution in [2.45, 2.75) is 31.4 Å². The summed E-state index contributed by atoms with van der Waals surface area (Å²) >= 11 is 0. The zero-order valence-electron chi connectivity index (χ0n) is 23.0. The summed E-state index contributed by atoms with van der Waals surface area (Å²) in [6.45, 7) is 0.615. The van der Waals surface area contributed by atoms with E-state index in [4.69, 9.17) is 9.47 Å². The van der Waals surface area contributed by atoms with Crippen LogP contribution in [0.1, 0.15) is 34.6 Å². The SMILES string of the molecule is O=C(CCNC(=O)OCC1c2ccccc2-c2ccccc21)N[C@@H](Cc1ccc(OCc2ccccc2)cc1)C(=O)O. The van der Waals surface area contributed by atoms with E-state index in [9.17, 15) is 19.5 Å². The van der Waals surface area contributed by atoms with Crippen molar-refractivity contribution in [1.82, 2.24) is 10.6 Å². The molecule has 0 unspecified atom stereocenters. The Morgan fingerprint density at radius 1 is 0.762 bits per heavy atom. The van der Waals surface area contributed by atoms with Crippen molar-refractivity contribution in [3.05, 3.63) is 125 Å². The van der Waals surface area contributed by atoms with E-state index in [-0.39, 0.29) is 31.9 Å². The van der Waals surface area contributed by atoms with Gasteiger partial charge in [0.05, 0.1) is 0 Å². The van der Waals surface area contributed by atoms with Crippen molar-refractivity contribution in [3.63, 3.8) is 0 Å². The summed E-state index contributed by atoms with van der Waals surface area (Å²) in [7, 11) is 0. The Balaban J connectivity index is 1.05. The van der Waals surface area contributed by atoms with Crippen LogP contribution in [0.2, 0.25) is 0 Å². The van der Waals surface area contributed by atoms with E-state index < -0.39 is 24.0 Å². The molecule has 0 saturated carbocycles. The Kier molecular flexibility index (Phi) is 9.13. The molecule has 8 nitrogen and oxygen atoms in total. The minimum Gasteiger partial charge on any atom is -0.489 e. The van der Waals surface area contributed by atoms with Crippen LogP contribution >= 0.6 is 0 Å². The highest BCUT2D eigenvalue weighted by molar-refractivity contribution is 5.84. The minimum absolute atomic E-state index is 0.0162. The van der Waals surface area contributed by atoms with Crippen molar-refractivity contribution < 1.29 is 29.0 Å². The number of alkyl carbamates (subject to hydrolysis) is 1. The second-order valence-electron chi connectivity index (χ2n) is 10.1. The zero-order valence-corrected chi connectivity index (χ0v) is 23.0. The summed E-state index contributed by atoms with van der Waals surface area (Å²) in [4.78, 5) is 36.6. The molecule has 1 aliphatic rings. The molecule has 0 heterocycles. The lowest BCUT2D eigenvalue weighted by atomic mass is 9.98. The number of fused-ring (bicyclic) bond motifs is 3. The van der Waals surface area contributed by atoms with Gasteiger partial charge in [-0.2, -0.15) is 0 Å². The number of carboxylic acid groups (broad SMARTS) is 1. The molecule has 0 radical (unpaired) electrons. The van der Waals surface area contributed by atoms with Gasteiger partial charge < -0.3 is 25.2 Å². The highest BCUT2D eigenvalue weighted by atomic mass is 16.5. The van der Waals surface area contributed by atoms with Crippen LogP contribution in [0.15, 0.2) is 103 Å². The van der Waals surface area contributed by atoms with Crippen molar-refractivity contribution in [1.29, 1.82) is 0 Å². The smallest absolute Gasteiger partial charge is 0.407 e. The van der Waals surface area contributed by atoms with Crippen LogP contribution in [0.25, 0.3) is 11.1 Å². The number of carboxylic acids is 1. The molecule has 4 aromatic carbocycles. The van der Waals surface area contributed by atoms with E-state index in [1.165, 1.54) is 0 Å². The molecule has 4 aromatic rings. The topological polar surface area (TPSA) is 114 Å². The monoisotopic (exact) mass is 564 g/mol. The first-order chi connectivity index (χ1) is 20.5. The van der Waals surface area contributed by atoms with Crippen LogP contribution in [-0.2, 0) is 27.4 Å². The van der Waals surface area contributed by atoms with E-state index in [2.05, 4.69) is 22.8 Å². The first-order valence-electron chi connectivity index (χ1n) is 13.8. The molecule has 0 spiro atoms. The highest BCUT2D eigenvalue weighted by Crippen LogP contribution is 2.44. The number of carbonyl (C=O) groups excluding carboxylic acids is 2. The van der Waals surface area contributed by atoms with Crippen molar-refractivity contribution in [3.8, 4) is 16.9 Å². The number of hydrogen-bond acceptors (Lipinski definition) is 5. The fourth-order valence-electron chi connectivity index (χ4n) is 5.09.